The molecule has 1 fully saturated rings. The van der Waals surface area contributed by atoms with Gasteiger partial charge >= 0.3 is 11.9 Å². The molecule has 0 unspecified atom stereocenters. The first-order valence-corrected chi connectivity index (χ1v) is 11.4. The number of anilines is 2. The van der Waals surface area contributed by atoms with Crippen LogP contribution in [-0.4, -0.2) is 31.3 Å². The Labute approximate surface area is 194 Å². The summed E-state index contributed by atoms with van der Waals surface area (Å²) in [6.45, 7) is 2.92. The normalized spacial score (nSPS) is 18.2. The van der Waals surface area contributed by atoms with Gasteiger partial charge < -0.3 is 25.7 Å². The summed E-state index contributed by atoms with van der Waals surface area (Å²) >= 11 is 0. The maximum atomic E-state index is 12.4. The van der Waals surface area contributed by atoms with E-state index in [-0.39, 0.29) is 24.6 Å². The van der Waals surface area contributed by atoms with E-state index >= 15 is 0 Å². The number of rotatable bonds is 9. The van der Waals surface area contributed by atoms with Crippen LogP contribution in [0.1, 0.15) is 43.7 Å². The van der Waals surface area contributed by atoms with E-state index in [1.165, 1.54) is 6.08 Å². The lowest BCUT2D eigenvalue weighted by Crippen LogP contribution is -2.28. The number of hydrogen-bond acceptors (Lipinski definition) is 7. The van der Waals surface area contributed by atoms with Gasteiger partial charge in [0.2, 0.25) is 0 Å². The minimum atomic E-state index is -0.440. The predicted molar refractivity (Wildman–Crippen MR) is 128 cm³/mol. The van der Waals surface area contributed by atoms with Gasteiger partial charge in [-0.1, -0.05) is 12.1 Å². The number of carbonyl (C=O) groups is 2. The largest absolute Gasteiger partial charge is 0.462 e. The summed E-state index contributed by atoms with van der Waals surface area (Å²) in [4.78, 5) is 24.4. The molecule has 1 aliphatic carbocycles. The Balaban J connectivity index is 1.41. The van der Waals surface area contributed by atoms with Crippen LogP contribution in [0.4, 0.5) is 11.4 Å². The van der Waals surface area contributed by atoms with E-state index in [2.05, 4.69) is 0 Å². The molecule has 1 saturated carbocycles. The lowest BCUT2D eigenvalue weighted by atomic mass is 9.87. The third kappa shape index (κ3) is 7.95. The molecule has 7 nitrogen and oxygen atoms in total. The molecule has 2 aromatic rings. The molecule has 3 rings (SSSR count). The molecular weight excluding hydrogens is 420 g/mol. The van der Waals surface area contributed by atoms with Crippen molar-refractivity contribution in [2.24, 2.45) is 5.92 Å². The number of esters is 2. The van der Waals surface area contributed by atoms with Crippen molar-refractivity contribution in [1.29, 1.82) is 0 Å². The Hall–Kier alpha value is -3.32. The highest BCUT2D eigenvalue weighted by molar-refractivity contribution is 5.87. The van der Waals surface area contributed by atoms with Gasteiger partial charge in [0.1, 0.15) is 5.75 Å². The van der Waals surface area contributed by atoms with Crippen molar-refractivity contribution in [3.05, 3.63) is 59.7 Å². The van der Waals surface area contributed by atoms with Gasteiger partial charge in [-0.3, -0.25) is 4.79 Å². The summed E-state index contributed by atoms with van der Waals surface area (Å²) < 4.78 is 16.4. The topological polar surface area (TPSA) is 114 Å². The number of ether oxygens (including phenoxy) is 3. The Bertz CT molecular complexity index is 943. The van der Waals surface area contributed by atoms with Crippen LogP contribution in [0.2, 0.25) is 0 Å². The second-order valence-corrected chi connectivity index (χ2v) is 8.18. The fourth-order valence-electron chi connectivity index (χ4n) is 3.92. The minimum absolute atomic E-state index is 0.0835. The van der Waals surface area contributed by atoms with Crippen LogP contribution in [0.3, 0.4) is 0 Å². The van der Waals surface area contributed by atoms with E-state index in [9.17, 15) is 9.59 Å². The summed E-state index contributed by atoms with van der Waals surface area (Å²) in [5.41, 5.74) is 14.4. The molecule has 1 aliphatic rings. The van der Waals surface area contributed by atoms with Gasteiger partial charge in [-0.15, -0.1) is 0 Å². The third-order valence-corrected chi connectivity index (χ3v) is 5.59. The second kappa shape index (κ2) is 12.1. The van der Waals surface area contributed by atoms with E-state index in [1.54, 1.807) is 48.5 Å². The van der Waals surface area contributed by atoms with Gasteiger partial charge in [0.05, 0.1) is 18.6 Å². The molecule has 0 bridgehead atoms. The summed E-state index contributed by atoms with van der Waals surface area (Å²) in [6, 6.07) is 12.3. The molecule has 0 radical (unpaired) electrons. The molecular formula is C26H32N2O5. The molecule has 7 heteroatoms. The van der Waals surface area contributed by atoms with Crippen molar-refractivity contribution >= 4 is 29.4 Å². The maximum Gasteiger partial charge on any atom is 0.330 e. The van der Waals surface area contributed by atoms with Gasteiger partial charge in [0.15, 0.2) is 0 Å². The van der Waals surface area contributed by atoms with Crippen molar-refractivity contribution in [1.82, 2.24) is 0 Å². The highest BCUT2D eigenvalue weighted by Crippen LogP contribution is 2.28. The quantitative estimate of drug-likeness (QED) is 0.254. The number of nitrogen functional groups attached to an aromatic ring is 2. The lowest BCUT2D eigenvalue weighted by Gasteiger charge is -2.26. The average molecular weight is 453 g/mol. The van der Waals surface area contributed by atoms with E-state index in [0.717, 1.165) is 36.8 Å². The van der Waals surface area contributed by atoms with Gasteiger partial charge in [-0.05, 0) is 80.1 Å². The lowest BCUT2D eigenvalue weighted by molar-refractivity contribution is -0.141. The SMILES string of the molecule is CCOC1CCC(C(=O)Oc2ccc(C=CC(=O)OCCc3cc(N)cc(N)c3)cc2)CC1. The molecule has 0 amide bonds. The molecule has 0 aliphatic heterocycles. The van der Waals surface area contributed by atoms with Crippen molar-refractivity contribution in [3.63, 3.8) is 0 Å². The molecule has 33 heavy (non-hydrogen) atoms. The first kappa shape index (κ1) is 24.3. The Morgan fingerprint density at radius 1 is 1.00 bits per heavy atom. The van der Waals surface area contributed by atoms with Crippen LogP contribution in [0, 0.1) is 5.92 Å². The van der Waals surface area contributed by atoms with E-state index < -0.39 is 5.97 Å². The van der Waals surface area contributed by atoms with Gasteiger partial charge in [0, 0.05) is 30.5 Å². The Morgan fingerprint density at radius 2 is 1.67 bits per heavy atom. The van der Waals surface area contributed by atoms with Crippen molar-refractivity contribution < 1.29 is 23.8 Å². The van der Waals surface area contributed by atoms with Crippen LogP contribution in [-0.2, 0) is 25.5 Å². The zero-order valence-corrected chi connectivity index (χ0v) is 19.0. The molecule has 4 N–H and O–H groups in total. The minimum Gasteiger partial charge on any atom is -0.462 e. The highest BCUT2D eigenvalue weighted by Gasteiger charge is 2.27. The number of nitrogens with two attached hydrogens (primary N) is 2. The smallest absolute Gasteiger partial charge is 0.330 e. The maximum absolute atomic E-state index is 12.4. The fraction of sp³-hybridized carbons (Fsp3) is 0.385. The molecule has 2 aromatic carbocycles. The average Bonchev–Trinajstić information content (AvgIpc) is 2.79. The summed E-state index contributed by atoms with van der Waals surface area (Å²) in [7, 11) is 0. The summed E-state index contributed by atoms with van der Waals surface area (Å²) in [5.74, 6) is -0.225. The van der Waals surface area contributed by atoms with E-state index in [0.29, 0.717) is 30.2 Å². The van der Waals surface area contributed by atoms with Gasteiger partial charge in [-0.25, -0.2) is 4.79 Å². The van der Waals surface area contributed by atoms with Crippen molar-refractivity contribution in [2.45, 2.75) is 45.1 Å². The van der Waals surface area contributed by atoms with Gasteiger partial charge in [-0.2, -0.15) is 0 Å². The highest BCUT2D eigenvalue weighted by atomic mass is 16.5. The molecule has 0 aromatic heterocycles. The zero-order valence-electron chi connectivity index (χ0n) is 19.0. The van der Waals surface area contributed by atoms with Gasteiger partial charge in [0.25, 0.3) is 0 Å². The summed E-state index contributed by atoms with van der Waals surface area (Å²) in [6.07, 6.45) is 7.17. The molecule has 0 spiro atoms. The number of carbonyl (C=O) groups excluding carboxylic acids is 2. The van der Waals surface area contributed by atoms with Crippen molar-refractivity contribution in [2.75, 3.05) is 24.7 Å². The third-order valence-electron chi connectivity index (χ3n) is 5.59. The van der Waals surface area contributed by atoms with Crippen LogP contribution < -0.4 is 16.2 Å². The predicted octanol–water partition coefficient (Wildman–Crippen LogP) is 4.15. The molecule has 0 atom stereocenters. The fourth-order valence-corrected chi connectivity index (χ4v) is 3.92. The first-order chi connectivity index (χ1) is 15.9. The van der Waals surface area contributed by atoms with Crippen LogP contribution in [0.25, 0.3) is 6.08 Å². The number of hydrogen-bond donors (Lipinski definition) is 2. The standard InChI is InChI=1S/C26H32N2O5/c1-2-31-23-10-6-20(7-11-23)26(30)33-24-8-3-18(4-9-24)5-12-25(29)32-14-13-19-15-21(27)17-22(28)16-19/h3-5,8-9,12,15-17,20,23H,2,6-7,10-11,13-14,27-28H2,1H3. The molecule has 0 heterocycles. The number of benzene rings is 2. The summed E-state index contributed by atoms with van der Waals surface area (Å²) in [5, 5.41) is 0. The van der Waals surface area contributed by atoms with Crippen molar-refractivity contribution in [3.8, 4) is 5.75 Å². The van der Waals surface area contributed by atoms with Crippen LogP contribution in [0.15, 0.2) is 48.5 Å². The second-order valence-electron chi connectivity index (χ2n) is 8.18. The van der Waals surface area contributed by atoms with E-state index in [4.69, 9.17) is 25.7 Å². The monoisotopic (exact) mass is 452 g/mol. The molecule has 0 saturated heterocycles. The van der Waals surface area contributed by atoms with Crippen LogP contribution >= 0.6 is 0 Å². The first-order valence-electron chi connectivity index (χ1n) is 11.4. The zero-order chi connectivity index (χ0) is 23.6. The van der Waals surface area contributed by atoms with E-state index in [1.807, 2.05) is 6.92 Å². The van der Waals surface area contributed by atoms with Crippen LogP contribution in [0.5, 0.6) is 5.75 Å². The Kier molecular flexibility index (Phi) is 8.89. The molecule has 176 valence electrons. The Morgan fingerprint density at radius 3 is 2.30 bits per heavy atom.